The number of carbonyl (C=O) groups excluding carboxylic acids is 1. The largest absolute Gasteiger partial charge is 0.494 e. The van der Waals surface area contributed by atoms with Crippen molar-refractivity contribution in [2.24, 2.45) is 0 Å². The van der Waals surface area contributed by atoms with Gasteiger partial charge in [0.25, 0.3) is 0 Å². The number of likely N-dealkylation sites (N-methyl/N-ethyl adjacent to an activating group) is 1. The first-order valence-corrected chi connectivity index (χ1v) is 11.6. The van der Waals surface area contributed by atoms with Crippen LogP contribution in [-0.4, -0.2) is 59.3 Å². The van der Waals surface area contributed by atoms with E-state index in [2.05, 4.69) is 37.2 Å². The number of amides is 1. The predicted molar refractivity (Wildman–Crippen MR) is 137 cm³/mol. The van der Waals surface area contributed by atoms with Crippen molar-refractivity contribution in [1.29, 1.82) is 0 Å². The van der Waals surface area contributed by atoms with E-state index >= 15 is 0 Å². The minimum atomic E-state index is -0.397. The second-order valence-corrected chi connectivity index (χ2v) is 8.61. The molecular weight excluding hydrogens is 479 g/mol. The number of rotatable bonds is 8. The highest BCUT2D eigenvalue weighted by atomic mass is 19.1. The highest BCUT2D eigenvalue weighted by molar-refractivity contribution is 6.00. The monoisotopic (exact) mass is 504 g/mol. The fraction of sp³-hybridized carbons (Fsp3) is 0.231. The Balaban J connectivity index is 1.50. The van der Waals surface area contributed by atoms with Crippen LogP contribution in [0.5, 0.6) is 11.5 Å². The molecule has 11 heteroatoms. The lowest BCUT2D eigenvalue weighted by Crippen LogP contribution is -2.22. The maximum Gasteiger partial charge on any atom is 0.247 e. The van der Waals surface area contributed by atoms with Crippen molar-refractivity contribution in [3.8, 4) is 22.8 Å². The fourth-order valence-electron chi connectivity index (χ4n) is 4.13. The summed E-state index contributed by atoms with van der Waals surface area (Å²) in [5, 5.41) is 9.95. The van der Waals surface area contributed by atoms with E-state index < -0.39 is 5.82 Å². The SMILES string of the molecule is C=CC(=O)Nc1cc(Nc2ncc3onc(-c4cccc(F)c4)c3n2)c(OC)cc1OC1CCN(C)C1. The quantitative estimate of drug-likeness (QED) is 0.337. The molecule has 4 aromatic rings. The van der Waals surface area contributed by atoms with E-state index in [1.807, 2.05) is 7.05 Å². The Kier molecular flexibility index (Phi) is 6.69. The van der Waals surface area contributed by atoms with Gasteiger partial charge in [-0.1, -0.05) is 23.9 Å². The summed E-state index contributed by atoms with van der Waals surface area (Å²) in [5.41, 5.74) is 2.59. The van der Waals surface area contributed by atoms with Gasteiger partial charge < -0.3 is 29.5 Å². The first kappa shape index (κ1) is 24.2. The molecule has 37 heavy (non-hydrogen) atoms. The van der Waals surface area contributed by atoms with Crippen molar-refractivity contribution in [3.05, 3.63) is 61.1 Å². The van der Waals surface area contributed by atoms with E-state index in [4.69, 9.17) is 14.0 Å². The number of aromatic nitrogens is 3. The van der Waals surface area contributed by atoms with Gasteiger partial charge in [-0.3, -0.25) is 4.79 Å². The molecule has 5 rings (SSSR count). The summed E-state index contributed by atoms with van der Waals surface area (Å²) in [6.45, 7) is 5.23. The Bertz CT molecular complexity index is 1470. The summed E-state index contributed by atoms with van der Waals surface area (Å²) in [6, 6.07) is 9.39. The van der Waals surface area contributed by atoms with Gasteiger partial charge in [0.05, 0.1) is 24.7 Å². The van der Waals surface area contributed by atoms with Crippen LogP contribution < -0.4 is 20.1 Å². The molecule has 1 fully saturated rings. The molecule has 190 valence electrons. The zero-order valence-corrected chi connectivity index (χ0v) is 20.3. The first-order chi connectivity index (χ1) is 17.9. The number of ether oxygens (including phenoxy) is 2. The Morgan fingerprint density at radius 2 is 2.14 bits per heavy atom. The van der Waals surface area contributed by atoms with Crippen LogP contribution in [0.25, 0.3) is 22.4 Å². The normalized spacial score (nSPS) is 15.5. The molecule has 0 bridgehead atoms. The number of anilines is 3. The molecule has 0 radical (unpaired) electrons. The number of hydrogen-bond donors (Lipinski definition) is 2. The highest BCUT2D eigenvalue weighted by Crippen LogP contribution is 2.39. The topological polar surface area (TPSA) is 115 Å². The molecule has 2 aromatic heterocycles. The third kappa shape index (κ3) is 5.21. The van der Waals surface area contributed by atoms with Gasteiger partial charge in [-0.15, -0.1) is 0 Å². The van der Waals surface area contributed by atoms with E-state index in [0.29, 0.717) is 45.2 Å². The van der Waals surface area contributed by atoms with Gasteiger partial charge in [0, 0.05) is 24.7 Å². The smallest absolute Gasteiger partial charge is 0.247 e. The number of nitrogens with zero attached hydrogens (tertiary/aromatic N) is 4. The molecule has 1 aliphatic heterocycles. The Morgan fingerprint density at radius 3 is 2.86 bits per heavy atom. The fourth-order valence-corrected chi connectivity index (χ4v) is 4.13. The van der Waals surface area contributed by atoms with Gasteiger partial charge in [-0.2, -0.15) is 0 Å². The molecule has 0 aliphatic carbocycles. The number of fused-ring (bicyclic) bond motifs is 1. The predicted octanol–water partition coefficient (Wildman–Crippen LogP) is 4.38. The summed E-state index contributed by atoms with van der Waals surface area (Å²) in [5.74, 6) is 0.371. The molecule has 1 aliphatic rings. The van der Waals surface area contributed by atoms with E-state index in [1.165, 1.54) is 31.5 Å². The number of carbonyl (C=O) groups is 1. The molecular formula is C26H25FN6O4. The summed E-state index contributed by atoms with van der Waals surface area (Å²) in [4.78, 5) is 23.2. The zero-order valence-electron chi connectivity index (χ0n) is 20.3. The third-order valence-electron chi connectivity index (χ3n) is 5.95. The number of hydrogen-bond acceptors (Lipinski definition) is 9. The van der Waals surface area contributed by atoms with Crippen LogP contribution in [0.1, 0.15) is 6.42 Å². The minimum Gasteiger partial charge on any atom is -0.494 e. The Hall–Kier alpha value is -4.51. The molecule has 1 saturated heterocycles. The van der Waals surface area contributed by atoms with Crippen molar-refractivity contribution in [2.75, 3.05) is 37.9 Å². The lowest BCUT2D eigenvalue weighted by molar-refractivity contribution is -0.111. The Morgan fingerprint density at radius 1 is 1.27 bits per heavy atom. The summed E-state index contributed by atoms with van der Waals surface area (Å²) in [7, 11) is 3.56. The average Bonchev–Trinajstić information content (AvgIpc) is 3.50. The molecule has 3 heterocycles. The number of benzene rings is 2. The van der Waals surface area contributed by atoms with Gasteiger partial charge >= 0.3 is 0 Å². The first-order valence-electron chi connectivity index (χ1n) is 11.6. The van der Waals surface area contributed by atoms with Gasteiger partial charge in [-0.25, -0.2) is 14.4 Å². The van der Waals surface area contributed by atoms with E-state index in [-0.39, 0.29) is 18.0 Å². The highest BCUT2D eigenvalue weighted by Gasteiger charge is 2.24. The van der Waals surface area contributed by atoms with Gasteiger partial charge in [0.1, 0.15) is 34.6 Å². The number of likely N-dealkylation sites (tertiary alicyclic amines) is 1. The molecule has 0 spiro atoms. The molecule has 1 unspecified atom stereocenters. The van der Waals surface area contributed by atoms with Crippen LogP contribution in [0.2, 0.25) is 0 Å². The van der Waals surface area contributed by atoms with Crippen LogP contribution in [-0.2, 0) is 4.79 Å². The third-order valence-corrected chi connectivity index (χ3v) is 5.95. The standard InChI is InChI=1S/C26H25FN6O4/c1-4-23(34)29-19-11-18(20(35-3)12-21(19)36-17-8-9-33(2)14-17)30-26-28-13-22-25(31-26)24(32-37-22)15-6-5-7-16(27)10-15/h4-7,10-13,17H,1,8-9,14H2,2-3H3,(H,29,34)(H,28,30,31). The molecule has 1 amide bonds. The van der Waals surface area contributed by atoms with E-state index in [0.717, 1.165) is 19.5 Å². The van der Waals surface area contributed by atoms with Crippen LogP contribution in [0.15, 0.2) is 59.8 Å². The lowest BCUT2D eigenvalue weighted by Gasteiger charge is -2.20. The summed E-state index contributed by atoms with van der Waals surface area (Å²) in [6.07, 6.45) is 3.50. The molecule has 10 nitrogen and oxygen atoms in total. The second-order valence-electron chi connectivity index (χ2n) is 8.61. The van der Waals surface area contributed by atoms with Gasteiger partial charge in [-0.05, 0) is 37.7 Å². The zero-order chi connectivity index (χ0) is 25.9. The summed E-state index contributed by atoms with van der Waals surface area (Å²) >= 11 is 0. The number of halogens is 1. The van der Waals surface area contributed by atoms with Crippen molar-refractivity contribution in [3.63, 3.8) is 0 Å². The van der Waals surface area contributed by atoms with E-state index in [1.54, 1.807) is 24.3 Å². The van der Waals surface area contributed by atoms with Crippen molar-refractivity contribution < 1.29 is 23.2 Å². The van der Waals surface area contributed by atoms with Gasteiger partial charge in [0.2, 0.25) is 17.4 Å². The van der Waals surface area contributed by atoms with Crippen molar-refractivity contribution in [2.45, 2.75) is 12.5 Å². The number of methoxy groups -OCH3 is 1. The van der Waals surface area contributed by atoms with E-state index in [9.17, 15) is 9.18 Å². The molecule has 1 atom stereocenters. The number of nitrogens with one attached hydrogen (secondary N) is 2. The molecule has 2 N–H and O–H groups in total. The molecule has 0 saturated carbocycles. The maximum atomic E-state index is 13.8. The lowest BCUT2D eigenvalue weighted by atomic mass is 10.1. The second kappa shape index (κ2) is 10.2. The van der Waals surface area contributed by atoms with Crippen molar-refractivity contribution in [1.82, 2.24) is 20.0 Å². The molecule has 2 aromatic carbocycles. The van der Waals surface area contributed by atoms with Crippen LogP contribution in [0.3, 0.4) is 0 Å². The van der Waals surface area contributed by atoms with Gasteiger partial charge in [0.15, 0.2) is 0 Å². The average molecular weight is 505 g/mol. The van der Waals surface area contributed by atoms with Crippen LogP contribution in [0, 0.1) is 5.82 Å². The van der Waals surface area contributed by atoms with Crippen molar-refractivity contribution >= 4 is 34.3 Å². The maximum absolute atomic E-state index is 13.8. The Labute approximate surface area is 212 Å². The van der Waals surface area contributed by atoms with Crippen LogP contribution in [0.4, 0.5) is 21.7 Å². The minimum absolute atomic E-state index is 0.0199. The summed E-state index contributed by atoms with van der Waals surface area (Å²) < 4.78 is 30.9. The van der Waals surface area contributed by atoms with Crippen LogP contribution >= 0.6 is 0 Å².